The first-order valence-corrected chi connectivity index (χ1v) is 12.4. The number of pyridine rings is 3. The fourth-order valence-electron chi connectivity index (χ4n) is 4.57. The van der Waals surface area contributed by atoms with Gasteiger partial charge >= 0.3 is 0 Å². The van der Waals surface area contributed by atoms with E-state index in [1.54, 1.807) is 18.5 Å². The number of hydrogen-bond acceptors (Lipinski definition) is 6. The van der Waals surface area contributed by atoms with Crippen LogP contribution in [0.4, 0.5) is 10.1 Å². The van der Waals surface area contributed by atoms with Crippen LogP contribution in [0.2, 0.25) is 0 Å². The molecule has 0 unspecified atom stereocenters. The highest BCUT2D eigenvalue weighted by atomic mass is 19.1. The van der Waals surface area contributed by atoms with Gasteiger partial charge in [0, 0.05) is 41.7 Å². The molecule has 5 aromatic heterocycles. The second kappa shape index (κ2) is 9.39. The van der Waals surface area contributed by atoms with Crippen LogP contribution in [0.3, 0.4) is 0 Å². The van der Waals surface area contributed by atoms with Crippen molar-refractivity contribution in [2.24, 2.45) is 5.41 Å². The van der Waals surface area contributed by atoms with Crippen LogP contribution in [0.25, 0.3) is 55.8 Å². The van der Waals surface area contributed by atoms with Crippen molar-refractivity contribution >= 4 is 33.5 Å². The molecule has 0 fully saturated rings. The number of hydrogen-bond donors (Lipinski definition) is 3. The molecule has 10 heteroatoms. The summed E-state index contributed by atoms with van der Waals surface area (Å²) in [4.78, 5) is 33.2. The van der Waals surface area contributed by atoms with Gasteiger partial charge in [-0.1, -0.05) is 39.0 Å². The Kier molecular flexibility index (Phi) is 5.86. The topological polar surface area (TPSA) is 125 Å². The molecule has 0 atom stereocenters. The first-order chi connectivity index (χ1) is 18.8. The predicted octanol–water partition coefficient (Wildman–Crippen LogP) is 6.14. The first kappa shape index (κ1) is 24.4. The van der Waals surface area contributed by atoms with Crippen LogP contribution in [-0.2, 0) is 4.79 Å². The highest BCUT2D eigenvalue weighted by Gasteiger charge is 2.22. The summed E-state index contributed by atoms with van der Waals surface area (Å²) in [5, 5.41) is 10.3. The molecule has 0 aliphatic rings. The van der Waals surface area contributed by atoms with Gasteiger partial charge < -0.3 is 10.3 Å². The molecule has 9 nitrogen and oxygen atoms in total. The average Bonchev–Trinajstić information content (AvgIpc) is 3.53. The smallest absolute Gasteiger partial charge is 0.224 e. The molecule has 3 N–H and O–H groups in total. The zero-order valence-corrected chi connectivity index (χ0v) is 21.6. The number of aromatic amines is 2. The van der Waals surface area contributed by atoms with E-state index >= 15 is 4.39 Å². The Balaban J connectivity index is 1.40. The van der Waals surface area contributed by atoms with Crippen LogP contribution in [-0.4, -0.2) is 41.0 Å². The van der Waals surface area contributed by atoms with E-state index in [0.29, 0.717) is 34.7 Å². The fraction of sp³-hybridized carbons (Fsp3) is 0.172. The molecule has 1 aromatic carbocycles. The molecule has 6 aromatic rings. The maximum Gasteiger partial charge on any atom is 0.224 e. The lowest BCUT2D eigenvalue weighted by Gasteiger charge is -2.17. The Labute approximate surface area is 223 Å². The summed E-state index contributed by atoms with van der Waals surface area (Å²) < 4.78 is 16.1. The van der Waals surface area contributed by atoms with Crippen molar-refractivity contribution in [1.82, 2.24) is 35.1 Å². The van der Waals surface area contributed by atoms with E-state index in [-0.39, 0.29) is 22.4 Å². The first-order valence-electron chi connectivity index (χ1n) is 12.4. The molecule has 5 heterocycles. The number of amides is 1. The van der Waals surface area contributed by atoms with Crippen molar-refractivity contribution < 1.29 is 9.18 Å². The van der Waals surface area contributed by atoms with Gasteiger partial charge in [0.25, 0.3) is 0 Å². The number of imidazole rings is 1. The van der Waals surface area contributed by atoms with Crippen molar-refractivity contribution in [2.45, 2.75) is 27.2 Å². The standard InChI is InChI=1S/C29H25FN8O/c1-29(2,3)11-22(39)34-18-10-17(13-32-14-18)25-24(30)23-21(15-33-25)37-38-27(23)28-35-20-8-4-7-19(26(20)36-28)16-6-5-9-31-12-16/h4-10,12-15H,11H2,1-3H3,(H,34,39)(H,35,36)(H,37,38). The number of aromatic nitrogens is 7. The predicted molar refractivity (Wildman–Crippen MR) is 148 cm³/mol. The summed E-state index contributed by atoms with van der Waals surface area (Å²) in [6.45, 7) is 5.96. The molecule has 0 aliphatic carbocycles. The molecule has 6 rings (SSSR count). The Morgan fingerprint density at radius 3 is 2.62 bits per heavy atom. The van der Waals surface area contributed by atoms with Crippen LogP contribution in [0, 0.1) is 11.2 Å². The second-order valence-electron chi connectivity index (χ2n) is 10.6. The Hall–Kier alpha value is -4.99. The fourth-order valence-corrected chi connectivity index (χ4v) is 4.57. The van der Waals surface area contributed by atoms with Gasteiger partial charge in [0.2, 0.25) is 5.91 Å². The van der Waals surface area contributed by atoms with Gasteiger partial charge in [-0.15, -0.1) is 0 Å². The Morgan fingerprint density at radius 2 is 1.82 bits per heavy atom. The SMILES string of the molecule is CC(C)(C)CC(=O)Nc1cncc(-c2ncc3[nH]nc(-c4nc5c(-c6cccnc6)cccc5[nH]4)c3c2F)c1. The molecule has 0 radical (unpaired) electrons. The summed E-state index contributed by atoms with van der Waals surface area (Å²) in [5.74, 6) is -0.285. The molecule has 0 saturated heterocycles. The van der Waals surface area contributed by atoms with Crippen LogP contribution < -0.4 is 5.32 Å². The normalized spacial score (nSPS) is 11.8. The van der Waals surface area contributed by atoms with E-state index in [9.17, 15) is 4.79 Å². The molecular formula is C29H25FN8O. The lowest BCUT2D eigenvalue weighted by atomic mass is 9.92. The largest absolute Gasteiger partial charge is 0.337 e. The molecule has 0 spiro atoms. The molecule has 0 bridgehead atoms. The van der Waals surface area contributed by atoms with E-state index in [0.717, 1.165) is 22.2 Å². The Morgan fingerprint density at radius 1 is 0.974 bits per heavy atom. The molecule has 0 aliphatic heterocycles. The zero-order valence-electron chi connectivity index (χ0n) is 21.6. The summed E-state index contributed by atoms with van der Waals surface area (Å²) >= 11 is 0. The van der Waals surface area contributed by atoms with E-state index in [1.165, 1.54) is 18.6 Å². The van der Waals surface area contributed by atoms with Crippen LogP contribution in [0.15, 0.2) is 67.4 Å². The van der Waals surface area contributed by atoms with E-state index < -0.39 is 5.82 Å². The van der Waals surface area contributed by atoms with E-state index in [1.807, 2.05) is 51.1 Å². The van der Waals surface area contributed by atoms with Crippen molar-refractivity contribution in [3.63, 3.8) is 0 Å². The highest BCUT2D eigenvalue weighted by Crippen LogP contribution is 2.34. The second-order valence-corrected chi connectivity index (χ2v) is 10.6. The van der Waals surface area contributed by atoms with Gasteiger partial charge in [-0.3, -0.25) is 24.8 Å². The number of rotatable bonds is 5. The zero-order chi connectivity index (χ0) is 27.1. The Bertz CT molecular complexity index is 1840. The van der Waals surface area contributed by atoms with Gasteiger partial charge in [0.1, 0.15) is 11.4 Å². The number of benzene rings is 1. The summed E-state index contributed by atoms with van der Waals surface area (Å²) in [6.07, 6.45) is 8.40. The van der Waals surface area contributed by atoms with Gasteiger partial charge in [0.05, 0.1) is 40.0 Å². The molecular weight excluding hydrogens is 495 g/mol. The number of nitrogens with zero attached hydrogens (tertiary/aromatic N) is 5. The highest BCUT2D eigenvalue weighted by molar-refractivity contribution is 5.98. The number of anilines is 1. The van der Waals surface area contributed by atoms with Crippen LogP contribution >= 0.6 is 0 Å². The van der Waals surface area contributed by atoms with Gasteiger partial charge in [-0.25, -0.2) is 9.37 Å². The van der Waals surface area contributed by atoms with Crippen molar-refractivity contribution in [3.8, 4) is 33.9 Å². The number of para-hydroxylation sites is 1. The van der Waals surface area contributed by atoms with Crippen LogP contribution in [0.1, 0.15) is 27.2 Å². The third kappa shape index (κ3) is 4.72. The van der Waals surface area contributed by atoms with Gasteiger partial charge in [-0.05, 0) is 23.6 Å². The van der Waals surface area contributed by atoms with Crippen molar-refractivity contribution in [3.05, 3.63) is 73.2 Å². The van der Waals surface area contributed by atoms with E-state index in [4.69, 9.17) is 4.98 Å². The minimum Gasteiger partial charge on any atom is -0.337 e. The van der Waals surface area contributed by atoms with Crippen LogP contribution in [0.5, 0.6) is 0 Å². The quantitative estimate of drug-likeness (QED) is 0.251. The van der Waals surface area contributed by atoms with Crippen molar-refractivity contribution in [1.29, 1.82) is 0 Å². The lowest BCUT2D eigenvalue weighted by molar-refractivity contribution is -0.117. The number of halogens is 1. The number of fused-ring (bicyclic) bond motifs is 2. The van der Waals surface area contributed by atoms with Crippen molar-refractivity contribution in [2.75, 3.05) is 5.32 Å². The van der Waals surface area contributed by atoms with Gasteiger partial charge in [0.15, 0.2) is 11.6 Å². The third-order valence-corrected chi connectivity index (χ3v) is 6.24. The minimum absolute atomic E-state index is 0.0942. The molecule has 0 saturated carbocycles. The summed E-state index contributed by atoms with van der Waals surface area (Å²) in [6, 6.07) is 11.3. The number of carbonyl (C=O) groups excluding carboxylic acids is 1. The van der Waals surface area contributed by atoms with E-state index in [2.05, 4.69) is 35.5 Å². The minimum atomic E-state index is -0.566. The average molecular weight is 521 g/mol. The van der Waals surface area contributed by atoms with Gasteiger partial charge in [-0.2, -0.15) is 5.10 Å². The molecule has 1 amide bonds. The molecule has 194 valence electrons. The monoisotopic (exact) mass is 520 g/mol. The molecule has 39 heavy (non-hydrogen) atoms. The third-order valence-electron chi connectivity index (χ3n) is 6.24. The lowest BCUT2D eigenvalue weighted by Crippen LogP contribution is -2.19. The maximum atomic E-state index is 16.1. The summed E-state index contributed by atoms with van der Waals surface area (Å²) in [7, 11) is 0. The summed E-state index contributed by atoms with van der Waals surface area (Å²) in [5.41, 5.74) is 4.94. The number of H-pyrrole nitrogens is 2. The number of carbonyl (C=O) groups is 1. The maximum absolute atomic E-state index is 16.1. The number of nitrogens with one attached hydrogen (secondary N) is 3.